The zero-order chi connectivity index (χ0) is 15.6. The van der Waals surface area contributed by atoms with E-state index < -0.39 is 34.7 Å². The van der Waals surface area contributed by atoms with Gasteiger partial charge in [-0.3, -0.25) is 9.59 Å². The third-order valence-corrected chi connectivity index (χ3v) is 2.57. The third-order valence-electron chi connectivity index (χ3n) is 2.57. The molecule has 110 valence electrons. The molecule has 0 bridgehead atoms. The molecule has 0 atom stereocenters. The lowest BCUT2D eigenvalue weighted by Gasteiger charge is -2.09. The molecule has 21 heavy (non-hydrogen) atoms. The summed E-state index contributed by atoms with van der Waals surface area (Å²) in [6, 6.07) is 5.04. The Morgan fingerprint density at radius 2 is 1.90 bits per heavy atom. The second kappa shape index (κ2) is 5.39. The van der Waals surface area contributed by atoms with E-state index >= 15 is 0 Å². The number of aromatic amines is 1. The van der Waals surface area contributed by atoms with E-state index in [1.807, 2.05) is 10.3 Å². The first-order chi connectivity index (χ1) is 9.77. The molecule has 0 saturated carbocycles. The molecule has 1 aromatic heterocycles. The van der Waals surface area contributed by atoms with Crippen molar-refractivity contribution in [3.8, 4) is 0 Å². The van der Waals surface area contributed by atoms with Crippen molar-refractivity contribution in [2.24, 2.45) is 0 Å². The first kappa shape index (κ1) is 14.8. The van der Waals surface area contributed by atoms with Crippen LogP contribution in [0, 0.1) is 5.82 Å². The molecule has 2 N–H and O–H groups in total. The van der Waals surface area contributed by atoms with E-state index in [2.05, 4.69) is 0 Å². The standard InChI is InChI=1S/C13H8F4N2O2/c14-9-3-1-2-7(4-9)11(20)19-10-5-8(13(15,16)17)6-18-12(10)21/h1-6H,(H,18,21)(H,19,20). The Morgan fingerprint density at radius 1 is 1.19 bits per heavy atom. The average molecular weight is 300 g/mol. The molecular formula is C13H8F4N2O2. The summed E-state index contributed by atoms with van der Waals surface area (Å²) in [7, 11) is 0. The molecule has 2 rings (SSSR count). The maximum atomic E-state index is 13.0. The van der Waals surface area contributed by atoms with Crippen LogP contribution in [-0.2, 0) is 6.18 Å². The van der Waals surface area contributed by atoms with Crippen LogP contribution in [0.1, 0.15) is 15.9 Å². The van der Waals surface area contributed by atoms with Gasteiger partial charge in [0, 0.05) is 11.8 Å². The average Bonchev–Trinajstić information content (AvgIpc) is 2.40. The Balaban J connectivity index is 2.31. The second-order valence-electron chi connectivity index (χ2n) is 4.09. The molecule has 0 aliphatic carbocycles. The van der Waals surface area contributed by atoms with Crippen LogP contribution < -0.4 is 10.9 Å². The van der Waals surface area contributed by atoms with E-state index in [1.54, 1.807) is 0 Å². The van der Waals surface area contributed by atoms with Gasteiger partial charge in [-0.05, 0) is 24.3 Å². The largest absolute Gasteiger partial charge is 0.417 e. The Hall–Kier alpha value is -2.64. The summed E-state index contributed by atoms with van der Waals surface area (Å²) in [5, 5.41) is 2.02. The van der Waals surface area contributed by atoms with Crippen molar-refractivity contribution in [2.45, 2.75) is 6.18 Å². The number of alkyl halides is 3. The summed E-state index contributed by atoms with van der Waals surface area (Å²) in [4.78, 5) is 25.1. The summed E-state index contributed by atoms with van der Waals surface area (Å²) in [5.41, 5.74) is -2.70. The number of halogens is 4. The molecular weight excluding hydrogens is 292 g/mol. The van der Waals surface area contributed by atoms with Gasteiger partial charge in [0.15, 0.2) is 0 Å². The van der Waals surface area contributed by atoms with Gasteiger partial charge in [0.25, 0.3) is 11.5 Å². The quantitative estimate of drug-likeness (QED) is 0.838. The first-order valence-corrected chi connectivity index (χ1v) is 5.64. The van der Waals surface area contributed by atoms with Crippen molar-refractivity contribution in [1.29, 1.82) is 0 Å². The summed E-state index contributed by atoms with van der Waals surface area (Å²) in [5.74, 6) is -1.57. The number of carbonyl (C=O) groups excluding carboxylic acids is 1. The van der Waals surface area contributed by atoms with Gasteiger partial charge in [-0.15, -0.1) is 0 Å². The number of rotatable bonds is 2. The number of pyridine rings is 1. The third kappa shape index (κ3) is 3.47. The van der Waals surface area contributed by atoms with Gasteiger partial charge in [0.05, 0.1) is 5.56 Å². The van der Waals surface area contributed by atoms with Crippen LogP contribution in [0.25, 0.3) is 0 Å². The lowest BCUT2D eigenvalue weighted by Crippen LogP contribution is -2.21. The van der Waals surface area contributed by atoms with Gasteiger partial charge >= 0.3 is 6.18 Å². The molecule has 0 spiro atoms. The SMILES string of the molecule is O=C(Nc1cc(C(F)(F)F)c[nH]c1=O)c1cccc(F)c1. The van der Waals surface area contributed by atoms with E-state index in [1.165, 1.54) is 12.1 Å². The lowest BCUT2D eigenvalue weighted by atomic mass is 10.2. The van der Waals surface area contributed by atoms with Crippen molar-refractivity contribution in [3.05, 3.63) is 63.8 Å². The topological polar surface area (TPSA) is 62.0 Å². The van der Waals surface area contributed by atoms with Crippen LogP contribution in [0.15, 0.2) is 41.3 Å². The van der Waals surface area contributed by atoms with Gasteiger partial charge in [-0.1, -0.05) is 6.07 Å². The van der Waals surface area contributed by atoms with Crippen molar-refractivity contribution < 1.29 is 22.4 Å². The van der Waals surface area contributed by atoms with Crippen LogP contribution in [-0.4, -0.2) is 10.9 Å². The molecule has 1 heterocycles. The minimum Gasteiger partial charge on any atom is -0.327 e. The highest BCUT2D eigenvalue weighted by molar-refractivity contribution is 6.04. The van der Waals surface area contributed by atoms with Crippen LogP contribution in [0.5, 0.6) is 0 Å². The maximum Gasteiger partial charge on any atom is 0.417 e. The van der Waals surface area contributed by atoms with Crippen molar-refractivity contribution in [3.63, 3.8) is 0 Å². The normalized spacial score (nSPS) is 11.2. The minimum atomic E-state index is -4.66. The predicted molar refractivity (Wildman–Crippen MR) is 66.4 cm³/mol. The van der Waals surface area contributed by atoms with Crippen LogP contribution in [0.3, 0.4) is 0 Å². The summed E-state index contributed by atoms with van der Waals surface area (Å²) < 4.78 is 50.6. The predicted octanol–water partition coefficient (Wildman–Crippen LogP) is 2.79. The van der Waals surface area contributed by atoms with Crippen molar-refractivity contribution >= 4 is 11.6 Å². The number of anilines is 1. The van der Waals surface area contributed by atoms with Gasteiger partial charge in [0.1, 0.15) is 11.5 Å². The first-order valence-electron chi connectivity index (χ1n) is 5.64. The van der Waals surface area contributed by atoms with Gasteiger partial charge in [-0.2, -0.15) is 13.2 Å². The lowest BCUT2D eigenvalue weighted by molar-refractivity contribution is -0.137. The zero-order valence-corrected chi connectivity index (χ0v) is 10.3. The number of hydrogen-bond acceptors (Lipinski definition) is 2. The summed E-state index contributed by atoms with van der Waals surface area (Å²) in [6.45, 7) is 0. The number of amides is 1. The van der Waals surface area contributed by atoms with Crippen LogP contribution in [0.2, 0.25) is 0 Å². The molecule has 0 radical (unpaired) electrons. The highest BCUT2D eigenvalue weighted by Crippen LogP contribution is 2.29. The Morgan fingerprint density at radius 3 is 2.52 bits per heavy atom. The van der Waals surface area contributed by atoms with E-state index in [9.17, 15) is 27.2 Å². The highest BCUT2D eigenvalue weighted by atomic mass is 19.4. The fourth-order valence-corrected chi connectivity index (χ4v) is 1.56. The van der Waals surface area contributed by atoms with Gasteiger partial charge in [-0.25, -0.2) is 4.39 Å². The Kier molecular flexibility index (Phi) is 3.79. The molecule has 1 amide bonds. The Labute approximate surface area is 115 Å². The van der Waals surface area contributed by atoms with Gasteiger partial charge < -0.3 is 10.3 Å². The second-order valence-corrected chi connectivity index (χ2v) is 4.09. The van der Waals surface area contributed by atoms with Crippen molar-refractivity contribution in [2.75, 3.05) is 5.32 Å². The summed E-state index contributed by atoms with van der Waals surface area (Å²) in [6.07, 6.45) is -4.16. The van der Waals surface area contributed by atoms with E-state index in [0.717, 1.165) is 12.1 Å². The Bertz CT molecular complexity index is 737. The molecule has 0 aliphatic rings. The molecule has 0 aliphatic heterocycles. The molecule has 8 heteroatoms. The number of nitrogens with one attached hydrogen (secondary N) is 2. The number of carbonyl (C=O) groups is 1. The molecule has 2 aromatic rings. The van der Waals surface area contributed by atoms with Crippen LogP contribution in [0.4, 0.5) is 23.2 Å². The number of hydrogen-bond donors (Lipinski definition) is 2. The maximum absolute atomic E-state index is 13.0. The van der Waals surface area contributed by atoms with Gasteiger partial charge in [0.2, 0.25) is 0 Å². The molecule has 0 unspecified atom stereocenters. The smallest absolute Gasteiger partial charge is 0.327 e. The zero-order valence-electron chi connectivity index (χ0n) is 10.3. The van der Waals surface area contributed by atoms with E-state index in [-0.39, 0.29) is 5.56 Å². The van der Waals surface area contributed by atoms with E-state index in [0.29, 0.717) is 12.3 Å². The molecule has 0 saturated heterocycles. The molecule has 0 fully saturated rings. The number of H-pyrrole nitrogens is 1. The fraction of sp³-hybridized carbons (Fsp3) is 0.0769. The number of aromatic nitrogens is 1. The van der Waals surface area contributed by atoms with Crippen molar-refractivity contribution in [1.82, 2.24) is 4.98 Å². The number of benzene rings is 1. The van der Waals surface area contributed by atoms with Crippen LogP contribution >= 0.6 is 0 Å². The monoisotopic (exact) mass is 300 g/mol. The molecule has 4 nitrogen and oxygen atoms in total. The summed E-state index contributed by atoms with van der Waals surface area (Å²) >= 11 is 0. The molecule has 1 aromatic carbocycles. The minimum absolute atomic E-state index is 0.119. The van der Waals surface area contributed by atoms with E-state index in [4.69, 9.17) is 0 Å². The highest BCUT2D eigenvalue weighted by Gasteiger charge is 2.31. The fourth-order valence-electron chi connectivity index (χ4n) is 1.56.